The molecule has 0 saturated carbocycles. The summed E-state index contributed by atoms with van der Waals surface area (Å²) < 4.78 is 40.0. The number of benzene rings is 2. The summed E-state index contributed by atoms with van der Waals surface area (Å²) in [7, 11) is 1.64. The highest BCUT2D eigenvalue weighted by molar-refractivity contribution is 5.87. The number of rotatable bonds is 5. The molecule has 4 heterocycles. The van der Waals surface area contributed by atoms with E-state index in [1.54, 1.807) is 50.0 Å². The zero-order chi connectivity index (χ0) is 26.7. The minimum Gasteiger partial charge on any atom is -0.388 e. The van der Waals surface area contributed by atoms with Crippen LogP contribution in [0.4, 0.5) is 14.5 Å². The number of nitrogens with zero attached hydrogens (tertiary/aromatic N) is 4. The van der Waals surface area contributed by atoms with Gasteiger partial charge in [-0.1, -0.05) is 0 Å². The summed E-state index contributed by atoms with van der Waals surface area (Å²) in [6.07, 6.45) is 4.60. The molecule has 38 heavy (non-hydrogen) atoms. The van der Waals surface area contributed by atoms with E-state index < -0.39 is 11.5 Å². The van der Waals surface area contributed by atoms with Crippen LogP contribution in [-0.4, -0.2) is 51.4 Å². The summed E-state index contributed by atoms with van der Waals surface area (Å²) in [6.45, 7) is 4.37. The molecule has 0 aliphatic carbocycles. The number of anilines is 1. The number of aromatic nitrogens is 4. The molecule has 1 saturated heterocycles. The van der Waals surface area contributed by atoms with Gasteiger partial charge in [0.05, 0.1) is 41.9 Å². The maximum atomic E-state index is 15.4. The molecule has 2 atom stereocenters. The number of aryl methyl sites for hydroxylation is 2. The van der Waals surface area contributed by atoms with E-state index in [4.69, 9.17) is 15.2 Å². The molecule has 0 radical (unpaired) electrons. The van der Waals surface area contributed by atoms with Gasteiger partial charge in [-0.25, -0.2) is 18.3 Å². The predicted octanol–water partition coefficient (Wildman–Crippen LogP) is 3.33. The number of hydrogen-bond donors (Lipinski definition) is 3. The van der Waals surface area contributed by atoms with Crippen LogP contribution in [0.3, 0.4) is 0 Å². The first kappa shape index (κ1) is 24.3. The van der Waals surface area contributed by atoms with E-state index in [0.29, 0.717) is 48.0 Å². The minimum atomic E-state index is -0.683. The van der Waals surface area contributed by atoms with Gasteiger partial charge in [-0.05, 0) is 49.2 Å². The van der Waals surface area contributed by atoms with Crippen LogP contribution in [0.2, 0.25) is 0 Å². The van der Waals surface area contributed by atoms with Gasteiger partial charge in [0.2, 0.25) is 0 Å². The van der Waals surface area contributed by atoms with Gasteiger partial charge in [-0.3, -0.25) is 9.13 Å². The van der Waals surface area contributed by atoms with Crippen LogP contribution in [0, 0.1) is 30.9 Å². The highest BCUT2D eigenvalue weighted by Gasteiger charge is 2.37. The Labute approximate surface area is 217 Å². The largest absolute Gasteiger partial charge is 0.388 e. The monoisotopic (exact) mass is 519 g/mol. The molecule has 4 aromatic rings. The molecular formula is C27H27F2N7O2. The van der Waals surface area contributed by atoms with Crippen LogP contribution >= 0.6 is 0 Å². The Morgan fingerprint density at radius 3 is 2.58 bits per heavy atom. The second kappa shape index (κ2) is 9.03. The maximum Gasteiger partial charge on any atom is 0.338 e. The SMILES string of the molecule is CNc1ccc(-n2ccn(-c3c4c(nn3-c3cc(C)c(F)c(C)c3)CC3COCC4N3)c2=O)c(F)c1C=N. The third kappa shape index (κ3) is 3.61. The van der Waals surface area contributed by atoms with Crippen LogP contribution in [-0.2, 0) is 11.2 Å². The van der Waals surface area contributed by atoms with Crippen molar-refractivity contribution in [2.75, 3.05) is 25.6 Å². The Bertz CT molecular complexity index is 1630. The number of ether oxygens (including phenoxy) is 1. The first-order chi connectivity index (χ1) is 18.3. The Hall–Kier alpha value is -4.09. The highest BCUT2D eigenvalue weighted by Crippen LogP contribution is 2.35. The smallest absolute Gasteiger partial charge is 0.338 e. The molecule has 2 unspecified atom stereocenters. The van der Waals surface area contributed by atoms with Crippen LogP contribution in [0.5, 0.6) is 0 Å². The Morgan fingerprint density at radius 2 is 1.87 bits per heavy atom. The second-order valence-corrected chi connectivity index (χ2v) is 9.72. The number of imidazole rings is 1. The van der Waals surface area contributed by atoms with Gasteiger partial charge in [0.25, 0.3) is 0 Å². The molecular weight excluding hydrogens is 492 g/mol. The van der Waals surface area contributed by atoms with E-state index in [-0.39, 0.29) is 29.2 Å². The van der Waals surface area contributed by atoms with E-state index in [1.165, 1.54) is 21.4 Å². The molecule has 6 rings (SSSR count). The molecule has 2 aromatic carbocycles. The minimum absolute atomic E-state index is 0.0267. The van der Waals surface area contributed by atoms with Gasteiger partial charge in [0.1, 0.15) is 11.6 Å². The van der Waals surface area contributed by atoms with Crippen molar-refractivity contribution in [1.29, 1.82) is 5.41 Å². The summed E-state index contributed by atoms with van der Waals surface area (Å²) >= 11 is 0. The highest BCUT2D eigenvalue weighted by atomic mass is 19.1. The molecule has 3 N–H and O–H groups in total. The van der Waals surface area contributed by atoms with Crippen molar-refractivity contribution in [3.8, 4) is 17.2 Å². The maximum absolute atomic E-state index is 15.4. The molecule has 11 heteroatoms. The summed E-state index contributed by atoms with van der Waals surface area (Å²) in [4.78, 5) is 13.8. The molecule has 196 valence electrons. The first-order valence-corrected chi connectivity index (χ1v) is 12.4. The number of morpholine rings is 1. The number of nitrogens with one attached hydrogen (secondary N) is 3. The van der Waals surface area contributed by atoms with Gasteiger partial charge in [0.15, 0.2) is 5.82 Å². The number of fused-ring (bicyclic) bond motifs is 4. The molecule has 9 nitrogen and oxygen atoms in total. The number of halogens is 2. The van der Waals surface area contributed by atoms with Gasteiger partial charge in [-0.2, -0.15) is 5.10 Å². The van der Waals surface area contributed by atoms with Crippen LogP contribution < -0.4 is 16.3 Å². The summed E-state index contributed by atoms with van der Waals surface area (Å²) in [5.74, 6) is -0.476. The van der Waals surface area contributed by atoms with Crippen molar-refractivity contribution in [3.05, 3.63) is 86.7 Å². The van der Waals surface area contributed by atoms with Crippen molar-refractivity contribution in [1.82, 2.24) is 24.2 Å². The van der Waals surface area contributed by atoms with E-state index in [0.717, 1.165) is 17.5 Å². The fraction of sp³-hybridized carbons (Fsp3) is 0.296. The van der Waals surface area contributed by atoms with Gasteiger partial charge in [-0.15, -0.1) is 0 Å². The fourth-order valence-electron chi connectivity index (χ4n) is 5.50. The van der Waals surface area contributed by atoms with Crippen molar-refractivity contribution < 1.29 is 13.5 Å². The molecule has 2 aromatic heterocycles. The first-order valence-electron chi connectivity index (χ1n) is 12.4. The quantitative estimate of drug-likeness (QED) is 0.351. The molecule has 2 bridgehead atoms. The molecule has 2 aliphatic rings. The Morgan fingerprint density at radius 1 is 1.13 bits per heavy atom. The third-order valence-corrected chi connectivity index (χ3v) is 7.31. The Kier molecular flexibility index (Phi) is 5.77. The van der Waals surface area contributed by atoms with Crippen LogP contribution in [0.1, 0.15) is 34.0 Å². The van der Waals surface area contributed by atoms with Gasteiger partial charge >= 0.3 is 5.69 Å². The van der Waals surface area contributed by atoms with Crippen molar-refractivity contribution in [2.45, 2.75) is 32.4 Å². The van der Waals surface area contributed by atoms with Crippen LogP contribution in [0.25, 0.3) is 17.2 Å². The van der Waals surface area contributed by atoms with Crippen molar-refractivity contribution in [3.63, 3.8) is 0 Å². The number of hydrogen-bond acceptors (Lipinski definition) is 6. The lowest BCUT2D eigenvalue weighted by atomic mass is 9.94. The topological polar surface area (TPSA) is 102 Å². The summed E-state index contributed by atoms with van der Waals surface area (Å²) in [5.41, 5.74) is 3.25. The second-order valence-electron chi connectivity index (χ2n) is 9.72. The zero-order valence-electron chi connectivity index (χ0n) is 21.2. The van der Waals surface area contributed by atoms with E-state index >= 15 is 4.39 Å². The zero-order valence-corrected chi connectivity index (χ0v) is 21.2. The van der Waals surface area contributed by atoms with E-state index in [1.807, 2.05) is 0 Å². The summed E-state index contributed by atoms with van der Waals surface area (Å²) in [6, 6.07) is 6.46. The molecule has 1 fully saturated rings. The van der Waals surface area contributed by atoms with E-state index in [9.17, 15) is 9.18 Å². The standard InChI is InChI=1S/C27H27F2N7O2/c1-14-8-17(9-15(2)24(14)28)36-26(23-20(33-36)10-16-12-38-13-21(23)32-16)35-7-6-34(27(35)37)22-5-4-19(31-3)18(11-30)25(22)29/h4-9,11,16,21,30-32H,10,12-13H2,1-3H3. The molecule has 2 aliphatic heterocycles. The summed E-state index contributed by atoms with van der Waals surface area (Å²) in [5, 5.41) is 19.0. The van der Waals surface area contributed by atoms with Crippen LogP contribution in [0.15, 0.2) is 41.5 Å². The van der Waals surface area contributed by atoms with Gasteiger partial charge < -0.3 is 20.8 Å². The lowest BCUT2D eigenvalue weighted by molar-refractivity contribution is 0.0384. The molecule has 0 spiro atoms. The van der Waals surface area contributed by atoms with Crippen molar-refractivity contribution >= 4 is 11.9 Å². The average molecular weight is 520 g/mol. The normalized spacial score (nSPS) is 18.3. The fourth-order valence-corrected chi connectivity index (χ4v) is 5.50. The average Bonchev–Trinajstić information content (AvgIpc) is 3.47. The van der Waals surface area contributed by atoms with Crippen molar-refractivity contribution in [2.24, 2.45) is 0 Å². The van der Waals surface area contributed by atoms with E-state index in [2.05, 4.69) is 10.6 Å². The van der Waals surface area contributed by atoms with Gasteiger partial charge in [0, 0.05) is 49.4 Å². The lowest BCUT2D eigenvalue weighted by Gasteiger charge is -2.35. The predicted molar refractivity (Wildman–Crippen MR) is 139 cm³/mol. The molecule has 0 amide bonds. The third-order valence-electron chi connectivity index (χ3n) is 7.31. The lowest BCUT2D eigenvalue weighted by Crippen LogP contribution is -2.48. The Balaban J connectivity index is 1.58.